The van der Waals surface area contributed by atoms with Crippen molar-refractivity contribution >= 4 is 11.9 Å². The van der Waals surface area contributed by atoms with Gasteiger partial charge in [0.1, 0.15) is 5.75 Å². The highest BCUT2D eigenvalue weighted by molar-refractivity contribution is 5.88. The van der Waals surface area contributed by atoms with Gasteiger partial charge in [0.15, 0.2) is 0 Å². The van der Waals surface area contributed by atoms with E-state index in [1.54, 1.807) is 24.3 Å². The number of carbonyl (C=O) groups is 2. The van der Waals surface area contributed by atoms with Crippen LogP contribution in [0.1, 0.15) is 41.5 Å². The molecular weight excluding hydrogens is 549 g/mol. The lowest BCUT2D eigenvalue weighted by molar-refractivity contribution is -0.201. The normalized spacial score (nSPS) is 12.3. The molecule has 0 aromatic heterocycles. The minimum atomic E-state index is -5.24. The molecule has 1 N–H and O–H groups in total. The average molecular weight is 573 g/mol. The summed E-state index contributed by atoms with van der Waals surface area (Å²) in [4.78, 5) is 21.7. The van der Waals surface area contributed by atoms with Crippen LogP contribution in [-0.2, 0) is 39.5 Å². The maximum Gasteiger partial charge on any atom is 0.491 e. The van der Waals surface area contributed by atoms with E-state index in [1.807, 2.05) is 0 Å². The number of aryl methyl sites for hydroxylation is 2. The van der Waals surface area contributed by atoms with Crippen LogP contribution in [0.15, 0.2) is 42.5 Å². The lowest BCUT2D eigenvalue weighted by Crippen LogP contribution is -2.29. The summed E-state index contributed by atoms with van der Waals surface area (Å²) in [5.74, 6) is -3.39. The highest BCUT2D eigenvalue weighted by atomic mass is 19.4. The molecule has 0 aliphatic rings. The van der Waals surface area contributed by atoms with Crippen molar-refractivity contribution in [2.24, 2.45) is 0 Å². The molecule has 5 nitrogen and oxygen atoms in total. The molecule has 216 valence electrons. The number of hydrogen-bond acceptors (Lipinski definition) is 5. The van der Waals surface area contributed by atoms with Crippen molar-refractivity contribution in [1.29, 1.82) is 0 Å². The first-order valence-corrected chi connectivity index (χ1v) is 11.6. The lowest BCUT2D eigenvalue weighted by Gasteiger charge is -2.14. The molecule has 2 aromatic carbocycles. The number of esters is 2. The molecule has 39 heavy (non-hydrogen) atoms. The van der Waals surface area contributed by atoms with Gasteiger partial charge in [-0.3, -0.25) is 4.79 Å². The SMILES string of the molecule is O=C(CCNCCCc1ccc(OCCCc2cc(C(F)(F)F)cc(C(F)(F)F)c2)cc1)OC(=O)C(F)(F)F. The zero-order valence-electron chi connectivity index (χ0n) is 20.2. The topological polar surface area (TPSA) is 64.6 Å². The molecule has 0 unspecified atom stereocenters. The van der Waals surface area contributed by atoms with E-state index in [0.29, 0.717) is 37.3 Å². The largest absolute Gasteiger partial charge is 0.494 e. The van der Waals surface area contributed by atoms with Crippen molar-refractivity contribution in [3.63, 3.8) is 0 Å². The summed E-state index contributed by atoms with van der Waals surface area (Å²) in [5, 5.41) is 2.84. The van der Waals surface area contributed by atoms with Gasteiger partial charge in [-0.2, -0.15) is 39.5 Å². The summed E-state index contributed by atoms with van der Waals surface area (Å²) in [5.41, 5.74) is -1.91. The second-order valence-corrected chi connectivity index (χ2v) is 8.37. The molecule has 0 bridgehead atoms. The van der Waals surface area contributed by atoms with E-state index in [1.165, 1.54) is 0 Å². The van der Waals surface area contributed by atoms with E-state index >= 15 is 0 Å². The van der Waals surface area contributed by atoms with Crippen molar-refractivity contribution in [1.82, 2.24) is 5.32 Å². The third-order valence-electron chi connectivity index (χ3n) is 5.21. The highest BCUT2D eigenvalue weighted by Crippen LogP contribution is 2.36. The zero-order chi connectivity index (χ0) is 29.3. The first kappa shape index (κ1) is 31.9. The van der Waals surface area contributed by atoms with Crippen LogP contribution in [-0.4, -0.2) is 37.8 Å². The molecular formula is C25H24F9NO4. The van der Waals surface area contributed by atoms with E-state index in [0.717, 1.165) is 5.56 Å². The van der Waals surface area contributed by atoms with Gasteiger partial charge >= 0.3 is 30.5 Å². The number of alkyl halides is 9. The fraction of sp³-hybridized carbons (Fsp3) is 0.440. The van der Waals surface area contributed by atoms with Crippen LogP contribution in [0.3, 0.4) is 0 Å². The number of nitrogens with one attached hydrogen (secondary N) is 1. The molecule has 0 amide bonds. The van der Waals surface area contributed by atoms with E-state index in [9.17, 15) is 49.1 Å². The van der Waals surface area contributed by atoms with E-state index in [-0.39, 0.29) is 37.6 Å². The number of benzene rings is 2. The van der Waals surface area contributed by atoms with Gasteiger partial charge in [-0.05, 0) is 73.7 Å². The zero-order valence-corrected chi connectivity index (χ0v) is 20.2. The van der Waals surface area contributed by atoms with Gasteiger partial charge in [0.05, 0.1) is 24.2 Å². The fourth-order valence-electron chi connectivity index (χ4n) is 3.33. The maximum absolute atomic E-state index is 13.0. The van der Waals surface area contributed by atoms with Crippen LogP contribution in [0, 0.1) is 0 Å². The summed E-state index contributed by atoms with van der Waals surface area (Å²) in [6.07, 6.45) is -14.1. The molecule has 0 atom stereocenters. The number of halogens is 9. The van der Waals surface area contributed by atoms with Crippen LogP contribution >= 0.6 is 0 Å². The Morgan fingerprint density at radius 1 is 0.718 bits per heavy atom. The number of hydrogen-bond donors (Lipinski definition) is 1. The molecule has 2 rings (SSSR count). The van der Waals surface area contributed by atoms with Gasteiger partial charge in [-0.1, -0.05) is 12.1 Å². The van der Waals surface area contributed by atoms with Crippen molar-refractivity contribution < 1.29 is 58.6 Å². The molecule has 0 heterocycles. The van der Waals surface area contributed by atoms with Gasteiger partial charge in [0.25, 0.3) is 0 Å². The average Bonchev–Trinajstić information content (AvgIpc) is 2.83. The molecule has 0 fully saturated rings. The number of ether oxygens (including phenoxy) is 2. The summed E-state index contributed by atoms with van der Waals surface area (Å²) >= 11 is 0. The summed E-state index contributed by atoms with van der Waals surface area (Å²) < 4.78 is 123. The quantitative estimate of drug-likeness (QED) is 0.140. The van der Waals surface area contributed by atoms with Crippen LogP contribution in [0.5, 0.6) is 5.75 Å². The van der Waals surface area contributed by atoms with Gasteiger partial charge in [-0.15, -0.1) is 0 Å². The van der Waals surface area contributed by atoms with Crippen molar-refractivity contribution in [3.8, 4) is 5.75 Å². The minimum absolute atomic E-state index is 0.0226. The van der Waals surface area contributed by atoms with Crippen LogP contribution in [0.2, 0.25) is 0 Å². The Kier molecular flexibility index (Phi) is 11.2. The van der Waals surface area contributed by atoms with Crippen LogP contribution < -0.4 is 10.1 Å². The number of carbonyl (C=O) groups excluding carboxylic acids is 2. The smallest absolute Gasteiger partial charge is 0.491 e. The predicted octanol–water partition coefficient (Wildman–Crippen LogP) is 6.28. The fourth-order valence-corrected chi connectivity index (χ4v) is 3.33. The van der Waals surface area contributed by atoms with Crippen LogP contribution in [0.25, 0.3) is 0 Å². The van der Waals surface area contributed by atoms with E-state index in [2.05, 4.69) is 10.1 Å². The molecule has 0 spiro atoms. The monoisotopic (exact) mass is 573 g/mol. The molecule has 0 radical (unpaired) electrons. The van der Waals surface area contributed by atoms with Crippen molar-refractivity contribution in [2.75, 3.05) is 19.7 Å². The molecule has 0 saturated heterocycles. The van der Waals surface area contributed by atoms with Gasteiger partial charge in [-0.25, -0.2) is 4.79 Å². The molecule has 14 heteroatoms. The second kappa shape index (κ2) is 13.7. The maximum atomic E-state index is 13.0. The van der Waals surface area contributed by atoms with Crippen LogP contribution in [0.4, 0.5) is 39.5 Å². The Morgan fingerprint density at radius 3 is 1.82 bits per heavy atom. The molecule has 0 aliphatic carbocycles. The standard InChI is InChI=1S/C25H24F9NO4/c26-23(27,28)18-13-17(14-19(15-18)24(29,30)31)4-2-12-38-20-7-5-16(6-8-20)3-1-10-35-11-9-21(36)39-22(37)25(32,33)34/h5-8,13-15,35H,1-4,9-12H2. The first-order chi connectivity index (χ1) is 18.1. The Hall–Kier alpha value is -3.29. The predicted molar refractivity (Wildman–Crippen MR) is 120 cm³/mol. The third kappa shape index (κ3) is 11.5. The first-order valence-electron chi connectivity index (χ1n) is 11.6. The van der Waals surface area contributed by atoms with E-state index in [4.69, 9.17) is 4.74 Å². The molecule has 2 aromatic rings. The van der Waals surface area contributed by atoms with Gasteiger partial charge in [0, 0.05) is 6.54 Å². The van der Waals surface area contributed by atoms with Gasteiger partial charge in [0.2, 0.25) is 0 Å². The molecule has 0 saturated carbocycles. The van der Waals surface area contributed by atoms with Crippen molar-refractivity contribution in [3.05, 3.63) is 64.7 Å². The summed E-state index contributed by atoms with van der Waals surface area (Å²) in [6, 6.07) is 8.30. The second-order valence-electron chi connectivity index (χ2n) is 8.37. The van der Waals surface area contributed by atoms with E-state index < -0.39 is 48.0 Å². The Morgan fingerprint density at radius 2 is 1.28 bits per heavy atom. The van der Waals surface area contributed by atoms with Crippen molar-refractivity contribution in [2.45, 2.75) is 50.6 Å². The minimum Gasteiger partial charge on any atom is -0.494 e. The molecule has 0 aliphatic heterocycles. The lowest BCUT2D eigenvalue weighted by atomic mass is 10.0. The van der Waals surface area contributed by atoms with Gasteiger partial charge < -0.3 is 14.8 Å². The number of rotatable bonds is 12. The summed E-state index contributed by atoms with van der Waals surface area (Å²) in [6.45, 7) is 0.525. The Balaban J connectivity index is 1.69. The highest BCUT2D eigenvalue weighted by Gasteiger charge is 2.42. The Bertz CT molecular complexity index is 1060. The Labute approximate surface area is 217 Å². The summed E-state index contributed by atoms with van der Waals surface area (Å²) in [7, 11) is 0. The third-order valence-corrected chi connectivity index (χ3v) is 5.21.